The highest BCUT2D eigenvalue weighted by Gasteiger charge is 2.38. The van der Waals surface area contributed by atoms with Crippen molar-refractivity contribution in [3.8, 4) is 0 Å². The molecule has 1 aliphatic heterocycles. The molecule has 1 aliphatic rings. The van der Waals surface area contributed by atoms with Crippen LogP contribution < -0.4 is 5.30 Å². The molecule has 0 radical (unpaired) electrons. The molecular weight excluding hydrogens is 339 g/mol. The largest absolute Gasteiger partial charge is 0.309 e. The third-order valence-electron chi connectivity index (χ3n) is 4.50. The third-order valence-corrected chi connectivity index (χ3v) is 7.65. The van der Waals surface area contributed by atoms with E-state index in [9.17, 15) is 9.36 Å². The van der Waals surface area contributed by atoms with Gasteiger partial charge in [-0.05, 0) is 23.3 Å². The van der Waals surface area contributed by atoms with E-state index in [1.807, 2.05) is 91.0 Å². The van der Waals surface area contributed by atoms with Crippen molar-refractivity contribution in [2.24, 2.45) is 0 Å². The fourth-order valence-corrected chi connectivity index (χ4v) is 6.34. The van der Waals surface area contributed by atoms with E-state index in [0.29, 0.717) is 10.6 Å². The van der Waals surface area contributed by atoms with Crippen molar-refractivity contribution >= 4 is 28.9 Å². The Morgan fingerprint density at radius 1 is 0.538 bits per heavy atom. The third kappa shape index (κ3) is 2.79. The quantitative estimate of drug-likeness (QED) is 0.594. The summed E-state index contributed by atoms with van der Waals surface area (Å²) in [4.78, 5) is 12.5. The number of benzene rings is 3. The molecular formula is C23H17O2P. The zero-order valence-electron chi connectivity index (χ0n) is 14.1. The van der Waals surface area contributed by atoms with Crippen LogP contribution in [0.3, 0.4) is 0 Å². The average molecular weight is 356 g/mol. The average Bonchev–Trinajstić information content (AvgIpc) is 2.71. The number of carbonyl (C=O) groups excluding carboxylic acids is 1. The summed E-state index contributed by atoms with van der Waals surface area (Å²) in [5.41, 5.74) is 1.63. The molecule has 0 unspecified atom stereocenters. The van der Waals surface area contributed by atoms with Crippen molar-refractivity contribution in [2.75, 3.05) is 0 Å². The monoisotopic (exact) mass is 356 g/mol. The first kappa shape index (κ1) is 16.5. The Labute approximate surface area is 152 Å². The maximum absolute atomic E-state index is 14.6. The van der Waals surface area contributed by atoms with Gasteiger partial charge in [0.2, 0.25) is 0 Å². The van der Waals surface area contributed by atoms with Crippen LogP contribution in [0.5, 0.6) is 0 Å². The summed E-state index contributed by atoms with van der Waals surface area (Å²) in [6, 6.07) is 28.5. The van der Waals surface area contributed by atoms with Gasteiger partial charge in [0, 0.05) is 15.9 Å². The summed E-state index contributed by atoms with van der Waals surface area (Å²) in [6.45, 7) is 0. The molecule has 3 heteroatoms. The van der Waals surface area contributed by atoms with Gasteiger partial charge in [-0.15, -0.1) is 0 Å². The van der Waals surface area contributed by atoms with E-state index in [-0.39, 0.29) is 5.78 Å². The topological polar surface area (TPSA) is 34.1 Å². The number of rotatable bonds is 3. The van der Waals surface area contributed by atoms with Gasteiger partial charge in [0.05, 0.1) is 0 Å². The molecule has 3 aromatic carbocycles. The lowest BCUT2D eigenvalue weighted by atomic mass is 10.1. The Balaban J connectivity index is 2.01. The molecule has 0 spiro atoms. The Hall–Kier alpha value is -2.96. The Kier molecular flexibility index (Phi) is 4.28. The van der Waals surface area contributed by atoms with Gasteiger partial charge in [-0.1, -0.05) is 91.0 Å². The predicted octanol–water partition coefficient (Wildman–Crippen LogP) is 5.34. The van der Waals surface area contributed by atoms with Gasteiger partial charge in [-0.2, -0.15) is 0 Å². The Bertz CT molecular complexity index is 986. The van der Waals surface area contributed by atoms with E-state index < -0.39 is 7.14 Å². The zero-order chi connectivity index (χ0) is 18.0. The zero-order valence-corrected chi connectivity index (χ0v) is 15.0. The second kappa shape index (κ2) is 6.74. The smallest absolute Gasteiger partial charge is 0.180 e. The van der Waals surface area contributed by atoms with E-state index in [1.165, 1.54) is 12.2 Å². The summed E-state index contributed by atoms with van der Waals surface area (Å²) in [6.07, 6.45) is 3.05. The Morgan fingerprint density at radius 3 is 1.35 bits per heavy atom. The highest BCUT2D eigenvalue weighted by molar-refractivity contribution is 7.90. The SMILES string of the molecule is O=C1C=C(c2ccccc2)P(=O)(c2ccccc2)C(c2ccccc2)=C1. The number of hydrogen-bond acceptors (Lipinski definition) is 2. The molecule has 0 N–H and O–H groups in total. The number of ketones is 1. The summed E-state index contributed by atoms with van der Waals surface area (Å²) < 4.78 is 14.6. The Morgan fingerprint density at radius 2 is 0.923 bits per heavy atom. The summed E-state index contributed by atoms with van der Waals surface area (Å²) >= 11 is 0. The number of allylic oxidation sites excluding steroid dienone is 2. The molecule has 0 saturated heterocycles. The molecule has 2 nitrogen and oxygen atoms in total. The van der Waals surface area contributed by atoms with Crippen LogP contribution in [0, 0.1) is 0 Å². The van der Waals surface area contributed by atoms with Crippen molar-refractivity contribution in [1.82, 2.24) is 0 Å². The molecule has 126 valence electrons. The first-order valence-electron chi connectivity index (χ1n) is 8.44. The van der Waals surface area contributed by atoms with E-state index in [4.69, 9.17) is 0 Å². The van der Waals surface area contributed by atoms with Gasteiger partial charge in [-0.25, -0.2) is 0 Å². The van der Waals surface area contributed by atoms with Gasteiger partial charge in [0.15, 0.2) is 12.9 Å². The van der Waals surface area contributed by atoms with Crippen LogP contribution in [0.1, 0.15) is 11.1 Å². The van der Waals surface area contributed by atoms with Crippen LogP contribution in [-0.4, -0.2) is 5.78 Å². The van der Waals surface area contributed by atoms with Crippen molar-refractivity contribution < 1.29 is 9.36 Å². The van der Waals surface area contributed by atoms with Crippen LogP contribution in [0.2, 0.25) is 0 Å². The molecule has 4 rings (SSSR count). The summed E-state index contributed by atoms with van der Waals surface area (Å²) in [5, 5.41) is 1.92. The fraction of sp³-hybridized carbons (Fsp3) is 0. The molecule has 0 atom stereocenters. The molecule has 0 amide bonds. The molecule has 1 heterocycles. The fourth-order valence-electron chi connectivity index (χ4n) is 3.29. The molecule has 0 bridgehead atoms. The van der Waals surface area contributed by atoms with Crippen molar-refractivity contribution in [3.63, 3.8) is 0 Å². The van der Waals surface area contributed by atoms with Gasteiger partial charge in [-0.3, -0.25) is 4.79 Å². The highest BCUT2D eigenvalue weighted by Crippen LogP contribution is 2.68. The molecule has 0 fully saturated rings. The number of hydrogen-bond donors (Lipinski definition) is 0. The van der Waals surface area contributed by atoms with Crippen molar-refractivity contribution in [3.05, 3.63) is 114 Å². The van der Waals surface area contributed by atoms with Crippen LogP contribution in [0.15, 0.2) is 103 Å². The lowest BCUT2D eigenvalue weighted by Crippen LogP contribution is -2.12. The normalized spacial score (nSPS) is 15.9. The second-order valence-electron chi connectivity index (χ2n) is 6.14. The van der Waals surface area contributed by atoms with Gasteiger partial charge in [0.25, 0.3) is 0 Å². The van der Waals surface area contributed by atoms with Crippen molar-refractivity contribution in [1.29, 1.82) is 0 Å². The van der Waals surface area contributed by atoms with Crippen LogP contribution in [0.4, 0.5) is 0 Å². The van der Waals surface area contributed by atoms with E-state index >= 15 is 0 Å². The minimum Gasteiger partial charge on any atom is -0.309 e. The van der Waals surface area contributed by atoms with Gasteiger partial charge in [0.1, 0.15) is 0 Å². The van der Waals surface area contributed by atoms with E-state index in [0.717, 1.165) is 16.4 Å². The maximum Gasteiger partial charge on any atom is 0.180 e. The van der Waals surface area contributed by atoms with Crippen LogP contribution >= 0.6 is 7.14 Å². The predicted molar refractivity (Wildman–Crippen MR) is 108 cm³/mol. The first-order chi connectivity index (χ1) is 12.7. The van der Waals surface area contributed by atoms with Gasteiger partial charge >= 0.3 is 0 Å². The van der Waals surface area contributed by atoms with Crippen LogP contribution in [0.25, 0.3) is 10.6 Å². The molecule has 26 heavy (non-hydrogen) atoms. The minimum absolute atomic E-state index is 0.134. The summed E-state index contributed by atoms with van der Waals surface area (Å²) in [7, 11) is -3.17. The number of carbonyl (C=O) groups is 1. The molecule has 3 aromatic rings. The van der Waals surface area contributed by atoms with Gasteiger partial charge < -0.3 is 4.57 Å². The molecule has 0 aliphatic carbocycles. The lowest BCUT2D eigenvalue weighted by molar-refractivity contribution is -0.110. The van der Waals surface area contributed by atoms with Crippen molar-refractivity contribution in [2.45, 2.75) is 0 Å². The highest BCUT2D eigenvalue weighted by atomic mass is 31.2. The second-order valence-corrected chi connectivity index (χ2v) is 8.84. The first-order valence-corrected chi connectivity index (χ1v) is 10.2. The summed E-state index contributed by atoms with van der Waals surface area (Å²) in [5.74, 6) is -0.134. The molecule has 0 saturated carbocycles. The maximum atomic E-state index is 14.6. The van der Waals surface area contributed by atoms with E-state index in [1.54, 1.807) is 0 Å². The molecule has 0 aromatic heterocycles. The van der Waals surface area contributed by atoms with E-state index in [2.05, 4.69) is 0 Å². The standard InChI is InChI=1S/C23H17O2P/c24-20-16-22(18-10-4-1-5-11-18)26(25,21-14-8-3-9-15-21)23(17-20)19-12-6-2-7-13-19/h1-17H. The lowest BCUT2D eigenvalue weighted by Gasteiger charge is -2.28. The minimum atomic E-state index is -3.17. The van der Waals surface area contributed by atoms with Crippen LogP contribution in [-0.2, 0) is 9.36 Å².